The second-order valence-corrected chi connectivity index (χ2v) is 3.76. The summed E-state index contributed by atoms with van der Waals surface area (Å²) in [6.45, 7) is 0. The SMILES string of the molecule is C1CC2=C1[C@@H]1CC[C@H]2C1. The summed E-state index contributed by atoms with van der Waals surface area (Å²) in [7, 11) is 0. The molecule has 9 heavy (non-hydrogen) atoms. The maximum absolute atomic E-state index is 1.89. The summed E-state index contributed by atoms with van der Waals surface area (Å²) >= 11 is 0. The molecule has 0 radical (unpaired) electrons. The van der Waals surface area contributed by atoms with Crippen LogP contribution in [0.1, 0.15) is 32.1 Å². The lowest BCUT2D eigenvalue weighted by molar-refractivity contribution is 0.553. The molecule has 0 N–H and O–H groups in total. The van der Waals surface area contributed by atoms with Crippen molar-refractivity contribution >= 4 is 0 Å². The van der Waals surface area contributed by atoms with Gasteiger partial charge in [0, 0.05) is 0 Å². The first kappa shape index (κ1) is 4.54. The van der Waals surface area contributed by atoms with Crippen molar-refractivity contribution in [3.63, 3.8) is 0 Å². The summed E-state index contributed by atoms with van der Waals surface area (Å²) in [4.78, 5) is 0. The molecule has 0 aromatic carbocycles. The predicted octanol–water partition coefficient (Wildman–Crippen LogP) is 2.51. The zero-order valence-electron chi connectivity index (χ0n) is 5.69. The third-order valence-electron chi connectivity index (χ3n) is 3.49. The fraction of sp³-hybridized carbons (Fsp3) is 0.778. The Bertz CT molecular complexity index is 168. The number of allylic oxidation sites excluding steroid dienone is 2. The standard InChI is InChI=1S/C9H12/c1-2-7-5-6(1)8-3-4-9(7)8/h6-7H,1-5H2/t6-,7+. The van der Waals surface area contributed by atoms with Gasteiger partial charge in [-0.3, -0.25) is 0 Å². The maximum atomic E-state index is 1.89. The Hall–Kier alpha value is -0.260. The van der Waals surface area contributed by atoms with Crippen molar-refractivity contribution in [2.75, 3.05) is 0 Å². The molecule has 48 valence electrons. The smallest absolute Gasteiger partial charge is 0.0194 e. The van der Waals surface area contributed by atoms with E-state index in [9.17, 15) is 0 Å². The molecule has 3 aliphatic carbocycles. The van der Waals surface area contributed by atoms with E-state index in [4.69, 9.17) is 0 Å². The summed E-state index contributed by atoms with van der Waals surface area (Å²) in [6, 6.07) is 0. The first-order valence-corrected chi connectivity index (χ1v) is 4.17. The lowest BCUT2D eigenvalue weighted by atomic mass is 9.78. The minimum atomic E-state index is 1.08. The van der Waals surface area contributed by atoms with Gasteiger partial charge in [0.15, 0.2) is 0 Å². The van der Waals surface area contributed by atoms with Crippen molar-refractivity contribution in [2.24, 2.45) is 11.8 Å². The topological polar surface area (TPSA) is 0 Å². The summed E-state index contributed by atoms with van der Waals surface area (Å²) in [5.74, 6) is 2.16. The molecule has 1 saturated carbocycles. The lowest BCUT2D eigenvalue weighted by Crippen LogP contribution is -2.11. The zero-order chi connectivity index (χ0) is 5.84. The Morgan fingerprint density at radius 1 is 0.889 bits per heavy atom. The Kier molecular flexibility index (Phi) is 0.633. The first-order chi connectivity index (χ1) is 4.45. The minimum absolute atomic E-state index is 1.08. The lowest BCUT2D eigenvalue weighted by Gasteiger charge is -2.27. The first-order valence-electron chi connectivity index (χ1n) is 4.17. The average molecular weight is 120 g/mol. The van der Waals surface area contributed by atoms with Crippen molar-refractivity contribution in [1.29, 1.82) is 0 Å². The summed E-state index contributed by atoms with van der Waals surface area (Å²) in [6.07, 6.45) is 7.55. The Labute approximate surface area is 56.0 Å². The van der Waals surface area contributed by atoms with E-state index < -0.39 is 0 Å². The van der Waals surface area contributed by atoms with Crippen LogP contribution in [0.25, 0.3) is 0 Å². The molecule has 0 aliphatic heterocycles. The third kappa shape index (κ3) is 0.385. The minimum Gasteiger partial charge on any atom is -0.0673 e. The second-order valence-electron chi connectivity index (χ2n) is 3.76. The van der Waals surface area contributed by atoms with Gasteiger partial charge in [-0.1, -0.05) is 11.1 Å². The normalized spacial score (nSPS) is 45.3. The van der Waals surface area contributed by atoms with E-state index >= 15 is 0 Å². The highest BCUT2D eigenvalue weighted by atomic mass is 14.5. The molecule has 0 aromatic rings. The van der Waals surface area contributed by atoms with Crippen LogP contribution in [-0.4, -0.2) is 0 Å². The van der Waals surface area contributed by atoms with Crippen LogP contribution in [0.5, 0.6) is 0 Å². The van der Waals surface area contributed by atoms with Crippen molar-refractivity contribution in [3.05, 3.63) is 11.1 Å². The van der Waals surface area contributed by atoms with E-state index in [-0.39, 0.29) is 0 Å². The van der Waals surface area contributed by atoms with Gasteiger partial charge in [0.2, 0.25) is 0 Å². The third-order valence-corrected chi connectivity index (χ3v) is 3.49. The van der Waals surface area contributed by atoms with Crippen LogP contribution in [0.2, 0.25) is 0 Å². The molecule has 0 nitrogen and oxygen atoms in total. The van der Waals surface area contributed by atoms with E-state index in [1.54, 1.807) is 6.42 Å². The predicted molar refractivity (Wildman–Crippen MR) is 37.1 cm³/mol. The molecule has 0 aromatic heterocycles. The molecule has 3 rings (SSSR count). The molecule has 0 unspecified atom stereocenters. The number of hydrogen-bond donors (Lipinski definition) is 0. The maximum Gasteiger partial charge on any atom is -0.0194 e. The van der Waals surface area contributed by atoms with Crippen molar-refractivity contribution in [2.45, 2.75) is 32.1 Å². The van der Waals surface area contributed by atoms with Gasteiger partial charge < -0.3 is 0 Å². The van der Waals surface area contributed by atoms with Crippen LogP contribution >= 0.6 is 0 Å². The highest BCUT2D eigenvalue weighted by molar-refractivity contribution is 5.36. The monoisotopic (exact) mass is 120 g/mol. The highest BCUT2D eigenvalue weighted by Crippen LogP contribution is 2.56. The van der Waals surface area contributed by atoms with Crippen LogP contribution in [0.3, 0.4) is 0 Å². The number of fused-ring (bicyclic) bond motifs is 4. The van der Waals surface area contributed by atoms with E-state index in [1.165, 1.54) is 25.7 Å². The molecular formula is C9H12. The molecular weight excluding hydrogens is 108 g/mol. The second kappa shape index (κ2) is 1.25. The van der Waals surface area contributed by atoms with Crippen LogP contribution in [0.4, 0.5) is 0 Å². The van der Waals surface area contributed by atoms with Gasteiger partial charge in [-0.25, -0.2) is 0 Å². The molecule has 0 spiro atoms. The molecule has 0 amide bonds. The van der Waals surface area contributed by atoms with Gasteiger partial charge in [-0.05, 0) is 43.9 Å². The number of hydrogen-bond acceptors (Lipinski definition) is 0. The van der Waals surface area contributed by atoms with Crippen molar-refractivity contribution in [1.82, 2.24) is 0 Å². The average Bonchev–Trinajstić information content (AvgIpc) is 2.18. The van der Waals surface area contributed by atoms with Crippen molar-refractivity contribution < 1.29 is 0 Å². The molecule has 0 saturated heterocycles. The highest BCUT2D eigenvalue weighted by Gasteiger charge is 2.42. The Morgan fingerprint density at radius 2 is 1.44 bits per heavy atom. The molecule has 2 atom stereocenters. The molecule has 1 fully saturated rings. The fourth-order valence-corrected chi connectivity index (χ4v) is 2.96. The Morgan fingerprint density at radius 3 is 1.78 bits per heavy atom. The quantitative estimate of drug-likeness (QED) is 0.431. The molecule has 0 heterocycles. The van der Waals surface area contributed by atoms with E-state index in [0.29, 0.717) is 0 Å². The van der Waals surface area contributed by atoms with Crippen LogP contribution in [-0.2, 0) is 0 Å². The van der Waals surface area contributed by atoms with E-state index in [0.717, 1.165) is 11.8 Å². The van der Waals surface area contributed by atoms with Crippen LogP contribution in [0, 0.1) is 11.8 Å². The van der Waals surface area contributed by atoms with Gasteiger partial charge >= 0.3 is 0 Å². The van der Waals surface area contributed by atoms with Gasteiger partial charge in [-0.2, -0.15) is 0 Å². The van der Waals surface area contributed by atoms with Crippen LogP contribution in [0.15, 0.2) is 11.1 Å². The zero-order valence-corrected chi connectivity index (χ0v) is 5.69. The number of rotatable bonds is 0. The van der Waals surface area contributed by atoms with Crippen LogP contribution < -0.4 is 0 Å². The molecule has 2 bridgehead atoms. The summed E-state index contributed by atoms with van der Waals surface area (Å²) < 4.78 is 0. The molecule has 0 heteroatoms. The van der Waals surface area contributed by atoms with Gasteiger partial charge in [0.25, 0.3) is 0 Å². The van der Waals surface area contributed by atoms with E-state index in [2.05, 4.69) is 0 Å². The summed E-state index contributed by atoms with van der Waals surface area (Å²) in [5.41, 5.74) is 3.79. The molecule has 3 aliphatic rings. The fourth-order valence-electron chi connectivity index (χ4n) is 2.96. The summed E-state index contributed by atoms with van der Waals surface area (Å²) in [5, 5.41) is 0. The van der Waals surface area contributed by atoms with Crippen molar-refractivity contribution in [3.8, 4) is 0 Å². The van der Waals surface area contributed by atoms with E-state index in [1.807, 2.05) is 11.1 Å². The van der Waals surface area contributed by atoms with Gasteiger partial charge in [-0.15, -0.1) is 0 Å². The van der Waals surface area contributed by atoms with Gasteiger partial charge in [0.05, 0.1) is 0 Å². The Balaban J connectivity index is 2.12. The largest absolute Gasteiger partial charge is 0.0673 e. The van der Waals surface area contributed by atoms with Gasteiger partial charge in [0.1, 0.15) is 0 Å².